The Balaban J connectivity index is 1.76. The molecule has 2 rings (SSSR count). The summed E-state index contributed by atoms with van der Waals surface area (Å²) in [6, 6.07) is 0. The van der Waals surface area contributed by atoms with E-state index in [-0.39, 0.29) is 25.4 Å². The smallest absolute Gasteiger partial charge is 0.343 e. The molecule has 1 N–H and O–H groups in total. The van der Waals surface area contributed by atoms with E-state index in [1.54, 1.807) is 0 Å². The second-order valence-electron chi connectivity index (χ2n) is 5.43. The average Bonchev–Trinajstić information content (AvgIpc) is 2.81. The van der Waals surface area contributed by atoms with Crippen molar-refractivity contribution in [2.45, 2.75) is 37.8 Å². The number of hydrogen-bond acceptors (Lipinski definition) is 3. The van der Waals surface area contributed by atoms with Crippen molar-refractivity contribution < 1.29 is 23.8 Å². The van der Waals surface area contributed by atoms with Gasteiger partial charge in [-0.05, 0) is 25.2 Å². The Morgan fingerprint density at radius 2 is 2.05 bits per heavy atom. The van der Waals surface area contributed by atoms with Gasteiger partial charge >= 0.3 is 5.97 Å². The van der Waals surface area contributed by atoms with Crippen molar-refractivity contribution >= 4 is 11.9 Å². The van der Waals surface area contributed by atoms with Crippen molar-refractivity contribution in [2.24, 2.45) is 5.92 Å². The van der Waals surface area contributed by atoms with Crippen molar-refractivity contribution in [2.75, 3.05) is 26.3 Å². The molecule has 2 aliphatic rings. The first-order chi connectivity index (χ1) is 9.01. The number of ether oxygens (including phenoxy) is 1. The molecular weight excluding hydrogens is 253 g/mol. The highest BCUT2D eigenvalue weighted by Gasteiger charge is 2.46. The lowest BCUT2D eigenvalue weighted by atomic mass is 9.95. The summed E-state index contributed by atoms with van der Waals surface area (Å²) in [5.74, 6) is -1.10. The Hall–Kier alpha value is -1.17. The molecule has 5 nitrogen and oxygen atoms in total. The number of aliphatic carboxylic acids is 1. The molecule has 1 amide bonds. The van der Waals surface area contributed by atoms with Gasteiger partial charge in [-0.1, -0.05) is 0 Å². The second-order valence-corrected chi connectivity index (χ2v) is 5.43. The van der Waals surface area contributed by atoms with Crippen LogP contribution in [0.2, 0.25) is 0 Å². The molecule has 2 aliphatic heterocycles. The molecule has 0 aromatic heterocycles. The highest BCUT2D eigenvalue weighted by Crippen LogP contribution is 2.27. The fourth-order valence-electron chi connectivity index (χ4n) is 2.68. The number of carbonyl (C=O) groups is 2. The average molecular weight is 273 g/mol. The number of alkyl halides is 1. The maximum absolute atomic E-state index is 13.8. The molecule has 108 valence electrons. The molecule has 2 fully saturated rings. The van der Waals surface area contributed by atoms with E-state index in [1.165, 1.54) is 4.90 Å². The molecule has 0 bridgehead atoms. The first-order valence-electron chi connectivity index (χ1n) is 6.79. The van der Waals surface area contributed by atoms with E-state index in [4.69, 9.17) is 9.84 Å². The third kappa shape index (κ3) is 3.43. The molecule has 2 heterocycles. The van der Waals surface area contributed by atoms with Crippen molar-refractivity contribution in [3.05, 3.63) is 0 Å². The normalized spacial score (nSPS) is 28.6. The van der Waals surface area contributed by atoms with Crippen LogP contribution in [0.4, 0.5) is 4.39 Å². The van der Waals surface area contributed by atoms with E-state index in [1.807, 2.05) is 0 Å². The Bertz CT molecular complexity index is 357. The van der Waals surface area contributed by atoms with Crippen LogP contribution in [0, 0.1) is 5.92 Å². The van der Waals surface area contributed by atoms with E-state index in [2.05, 4.69) is 0 Å². The van der Waals surface area contributed by atoms with Gasteiger partial charge in [0.05, 0.1) is 6.54 Å². The fourth-order valence-corrected chi connectivity index (χ4v) is 2.68. The largest absolute Gasteiger partial charge is 0.479 e. The summed E-state index contributed by atoms with van der Waals surface area (Å²) in [5.41, 5.74) is -2.26. The lowest BCUT2D eigenvalue weighted by Crippen LogP contribution is -2.39. The zero-order valence-corrected chi connectivity index (χ0v) is 10.9. The lowest BCUT2D eigenvalue weighted by molar-refractivity contribution is -0.150. The summed E-state index contributed by atoms with van der Waals surface area (Å²) in [5, 5.41) is 8.78. The first-order valence-corrected chi connectivity index (χ1v) is 6.79. The highest BCUT2D eigenvalue weighted by molar-refractivity contribution is 5.82. The molecule has 0 aliphatic carbocycles. The third-order valence-corrected chi connectivity index (χ3v) is 4.06. The number of hydrogen-bond donors (Lipinski definition) is 1. The van der Waals surface area contributed by atoms with Gasteiger partial charge in [-0.2, -0.15) is 0 Å². The van der Waals surface area contributed by atoms with Crippen LogP contribution in [0.3, 0.4) is 0 Å². The van der Waals surface area contributed by atoms with Crippen LogP contribution < -0.4 is 0 Å². The van der Waals surface area contributed by atoms with Crippen molar-refractivity contribution in [3.8, 4) is 0 Å². The van der Waals surface area contributed by atoms with Crippen molar-refractivity contribution in [1.29, 1.82) is 0 Å². The van der Waals surface area contributed by atoms with Crippen molar-refractivity contribution in [3.63, 3.8) is 0 Å². The summed E-state index contributed by atoms with van der Waals surface area (Å²) in [4.78, 5) is 24.0. The number of amides is 1. The molecule has 1 atom stereocenters. The number of carbonyl (C=O) groups excluding carboxylic acids is 1. The van der Waals surface area contributed by atoms with Gasteiger partial charge in [0.2, 0.25) is 11.6 Å². The Kier molecular flexibility index (Phi) is 4.39. The summed E-state index contributed by atoms with van der Waals surface area (Å²) in [6.45, 7) is 1.38. The van der Waals surface area contributed by atoms with Crippen LogP contribution in [0.5, 0.6) is 0 Å². The molecule has 0 saturated carbocycles. The minimum atomic E-state index is -2.26. The zero-order valence-electron chi connectivity index (χ0n) is 10.9. The van der Waals surface area contributed by atoms with Gasteiger partial charge in [-0.15, -0.1) is 0 Å². The molecular formula is C13H20FNO4. The molecule has 6 heteroatoms. The molecule has 0 aromatic carbocycles. The number of halogens is 1. The lowest BCUT2D eigenvalue weighted by Gasteiger charge is -2.23. The number of carboxylic acid groups (broad SMARTS) is 1. The van der Waals surface area contributed by atoms with Gasteiger partial charge in [0, 0.05) is 32.6 Å². The quantitative estimate of drug-likeness (QED) is 0.836. The monoisotopic (exact) mass is 273 g/mol. The number of rotatable bonds is 4. The maximum atomic E-state index is 13.8. The van der Waals surface area contributed by atoms with E-state index in [0.717, 1.165) is 32.5 Å². The van der Waals surface area contributed by atoms with E-state index in [0.29, 0.717) is 12.3 Å². The molecule has 0 radical (unpaired) electrons. The Labute approximate surface area is 111 Å². The number of likely N-dealkylation sites (tertiary alicyclic amines) is 1. The molecule has 19 heavy (non-hydrogen) atoms. The minimum absolute atomic E-state index is 0.106. The molecule has 0 aromatic rings. The summed E-state index contributed by atoms with van der Waals surface area (Å²) >= 11 is 0. The van der Waals surface area contributed by atoms with Gasteiger partial charge < -0.3 is 14.7 Å². The predicted octanol–water partition coefficient (Wildman–Crippen LogP) is 1.22. The number of nitrogens with zero attached hydrogens (tertiary/aromatic N) is 1. The van der Waals surface area contributed by atoms with Gasteiger partial charge in [-0.3, -0.25) is 4.79 Å². The fraction of sp³-hybridized carbons (Fsp3) is 0.846. The minimum Gasteiger partial charge on any atom is -0.479 e. The molecule has 1 unspecified atom stereocenters. The topological polar surface area (TPSA) is 66.8 Å². The van der Waals surface area contributed by atoms with E-state index >= 15 is 0 Å². The summed E-state index contributed by atoms with van der Waals surface area (Å²) in [7, 11) is 0. The second kappa shape index (κ2) is 5.86. The third-order valence-electron chi connectivity index (χ3n) is 4.06. The van der Waals surface area contributed by atoms with Crippen LogP contribution in [-0.2, 0) is 14.3 Å². The van der Waals surface area contributed by atoms with Gasteiger partial charge in [0.1, 0.15) is 0 Å². The van der Waals surface area contributed by atoms with Crippen LogP contribution in [0.1, 0.15) is 32.1 Å². The first kappa shape index (κ1) is 14.2. The van der Waals surface area contributed by atoms with Crippen LogP contribution >= 0.6 is 0 Å². The van der Waals surface area contributed by atoms with Crippen LogP contribution in [0.25, 0.3) is 0 Å². The van der Waals surface area contributed by atoms with E-state index in [9.17, 15) is 14.0 Å². The van der Waals surface area contributed by atoms with E-state index < -0.39 is 11.6 Å². The van der Waals surface area contributed by atoms with Gasteiger partial charge in [0.15, 0.2) is 0 Å². The van der Waals surface area contributed by atoms with Crippen LogP contribution in [-0.4, -0.2) is 53.9 Å². The van der Waals surface area contributed by atoms with Crippen LogP contribution in [0.15, 0.2) is 0 Å². The maximum Gasteiger partial charge on any atom is 0.343 e. The summed E-state index contributed by atoms with van der Waals surface area (Å²) in [6.07, 6.45) is 2.99. The van der Waals surface area contributed by atoms with Crippen molar-refractivity contribution in [1.82, 2.24) is 4.90 Å². The molecule has 0 spiro atoms. The Morgan fingerprint density at radius 1 is 1.37 bits per heavy atom. The van der Waals surface area contributed by atoms with Gasteiger partial charge in [-0.25, -0.2) is 9.18 Å². The molecule has 2 saturated heterocycles. The standard InChI is InChI=1S/C13H20FNO4/c14-13(12(17)18)5-6-15(9-13)11(16)2-1-10-3-7-19-8-4-10/h10H,1-9H2,(H,17,18). The Morgan fingerprint density at radius 3 is 2.63 bits per heavy atom. The highest BCUT2D eigenvalue weighted by atomic mass is 19.1. The predicted molar refractivity (Wildman–Crippen MR) is 65.4 cm³/mol. The zero-order chi connectivity index (χ0) is 13.9. The number of carboxylic acids is 1. The van der Waals surface area contributed by atoms with Gasteiger partial charge in [0.25, 0.3) is 0 Å². The summed E-state index contributed by atoms with van der Waals surface area (Å²) < 4.78 is 19.1. The SMILES string of the molecule is O=C(CCC1CCOCC1)N1CCC(F)(C(=O)O)C1.